The van der Waals surface area contributed by atoms with Crippen LogP contribution in [0.25, 0.3) is 0 Å². The lowest BCUT2D eigenvalue weighted by Gasteiger charge is -2.09. The highest BCUT2D eigenvalue weighted by Crippen LogP contribution is 2.22. The Morgan fingerprint density at radius 3 is 2.30 bits per heavy atom. The molecule has 0 saturated heterocycles. The zero-order valence-corrected chi connectivity index (χ0v) is 14.4. The van der Waals surface area contributed by atoms with E-state index in [1.807, 2.05) is 0 Å². The first-order valence-corrected chi connectivity index (χ1v) is 8.11. The van der Waals surface area contributed by atoms with Gasteiger partial charge in [-0.1, -0.05) is 29.8 Å². The van der Waals surface area contributed by atoms with E-state index >= 15 is 0 Å². The second-order valence-corrected chi connectivity index (χ2v) is 5.82. The number of benzene rings is 2. The van der Waals surface area contributed by atoms with E-state index in [1.54, 1.807) is 24.3 Å². The van der Waals surface area contributed by atoms with E-state index in [4.69, 9.17) is 11.6 Å². The lowest BCUT2D eigenvalue weighted by Crippen LogP contribution is -2.18. The van der Waals surface area contributed by atoms with Crippen LogP contribution in [0.2, 0.25) is 5.02 Å². The number of carbonyl (C=O) groups is 2. The molecule has 0 spiro atoms. The summed E-state index contributed by atoms with van der Waals surface area (Å²) in [5.41, 5.74) is -0.232. The van der Waals surface area contributed by atoms with Gasteiger partial charge in [0.2, 0.25) is 0 Å². The van der Waals surface area contributed by atoms with E-state index in [1.165, 1.54) is 24.4 Å². The van der Waals surface area contributed by atoms with Crippen molar-refractivity contribution in [2.75, 3.05) is 10.6 Å². The first-order chi connectivity index (χ1) is 13.0. The minimum atomic E-state index is -0.920. The largest absolute Gasteiger partial charge is 0.321 e. The van der Waals surface area contributed by atoms with Gasteiger partial charge in [0.15, 0.2) is 0 Å². The van der Waals surface area contributed by atoms with Crippen molar-refractivity contribution in [3.63, 3.8) is 0 Å². The third-order valence-electron chi connectivity index (χ3n) is 3.58. The van der Waals surface area contributed by atoms with E-state index in [9.17, 15) is 18.4 Å². The molecule has 3 rings (SSSR count). The van der Waals surface area contributed by atoms with E-state index in [2.05, 4.69) is 15.6 Å². The number of rotatable bonds is 4. The van der Waals surface area contributed by atoms with E-state index < -0.39 is 29.1 Å². The summed E-state index contributed by atoms with van der Waals surface area (Å²) in [6.07, 6.45) is 1.24. The van der Waals surface area contributed by atoms with Gasteiger partial charge in [-0.2, -0.15) is 0 Å². The lowest BCUT2D eigenvalue weighted by molar-refractivity contribution is 0.102. The number of nitrogens with one attached hydrogen (secondary N) is 2. The Labute approximate surface area is 158 Å². The van der Waals surface area contributed by atoms with Gasteiger partial charge in [-0.15, -0.1) is 0 Å². The van der Waals surface area contributed by atoms with Crippen molar-refractivity contribution in [1.29, 1.82) is 0 Å². The number of carbonyl (C=O) groups excluding carboxylic acids is 2. The minimum absolute atomic E-state index is 0.129. The molecule has 3 aromatic rings. The lowest BCUT2D eigenvalue weighted by atomic mass is 10.2. The van der Waals surface area contributed by atoms with E-state index in [-0.39, 0.29) is 11.3 Å². The minimum Gasteiger partial charge on any atom is -0.321 e. The molecular formula is C19H12ClF2N3O2. The quantitative estimate of drug-likeness (QED) is 0.691. The third kappa shape index (κ3) is 4.27. The number of amides is 2. The van der Waals surface area contributed by atoms with E-state index in [0.717, 1.165) is 12.1 Å². The predicted octanol–water partition coefficient (Wildman–Crippen LogP) is 4.52. The average molecular weight is 388 g/mol. The van der Waals surface area contributed by atoms with Gasteiger partial charge in [-0.05, 0) is 36.4 Å². The van der Waals surface area contributed by atoms with Crippen LogP contribution in [0.5, 0.6) is 0 Å². The van der Waals surface area contributed by atoms with Crippen molar-refractivity contribution >= 4 is 34.8 Å². The summed E-state index contributed by atoms with van der Waals surface area (Å²) >= 11 is 6.00. The molecule has 0 atom stereocenters. The first-order valence-electron chi connectivity index (χ1n) is 7.73. The molecule has 0 saturated carbocycles. The number of hydrogen-bond acceptors (Lipinski definition) is 3. The van der Waals surface area contributed by atoms with Crippen LogP contribution in [0.1, 0.15) is 20.8 Å². The molecule has 1 heterocycles. The SMILES string of the molecule is O=C(Nc1ccccc1Cl)c1ccnc(C(=O)Nc2c(F)cccc2F)c1. The summed E-state index contributed by atoms with van der Waals surface area (Å²) in [6.45, 7) is 0. The number of nitrogens with zero attached hydrogens (tertiary/aromatic N) is 1. The standard InChI is InChI=1S/C19H12ClF2N3O2/c20-12-4-1-2-7-15(12)24-18(26)11-8-9-23-16(10-11)19(27)25-17-13(21)5-3-6-14(17)22/h1-10H,(H,24,26)(H,25,27). The maximum absolute atomic E-state index is 13.7. The number of aromatic nitrogens is 1. The van der Waals surface area contributed by atoms with Crippen molar-refractivity contribution < 1.29 is 18.4 Å². The number of pyridine rings is 1. The highest BCUT2D eigenvalue weighted by atomic mass is 35.5. The van der Waals surface area contributed by atoms with Crippen molar-refractivity contribution in [1.82, 2.24) is 4.98 Å². The fourth-order valence-electron chi connectivity index (χ4n) is 2.25. The van der Waals surface area contributed by atoms with Crippen molar-refractivity contribution in [2.45, 2.75) is 0 Å². The summed E-state index contributed by atoms with van der Waals surface area (Å²) in [4.78, 5) is 28.4. The van der Waals surface area contributed by atoms with Gasteiger partial charge in [0.25, 0.3) is 11.8 Å². The summed E-state index contributed by atoms with van der Waals surface area (Å²) in [7, 11) is 0. The van der Waals surface area contributed by atoms with Gasteiger partial charge < -0.3 is 10.6 Å². The van der Waals surface area contributed by atoms with Crippen LogP contribution in [0.4, 0.5) is 20.2 Å². The zero-order chi connectivity index (χ0) is 19.4. The molecule has 27 heavy (non-hydrogen) atoms. The maximum Gasteiger partial charge on any atom is 0.274 e. The molecule has 2 N–H and O–H groups in total. The highest BCUT2D eigenvalue weighted by Gasteiger charge is 2.16. The molecule has 0 aliphatic carbocycles. The smallest absolute Gasteiger partial charge is 0.274 e. The maximum atomic E-state index is 13.7. The molecule has 0 aliphatic rings. The van der Waals surface area contributed by atoms with E-state index in [0.29, 0.717) is 10.7 Å². The van der Waals surface area contributed by atoms with Gasteiger partial charge >= 0.3 is 0 Å². The molecule has 1 aromatic heterocycles. The molecule has 0 radical (unpaired) electrons. The second kappa shape index (κ2) is 7.92. The van der Waals surface area contributed by atoms with Crippen LogP contribution in [0.3, 0.4) is 0 Å². The fraction of sp³-hybridized carbons (Fsp3) is 0. The van der Waals surface area contributed by atoms with Gasteiger partial charge in [0.1, 0.15) is 23.0 Å². The van der Waals surface area contributed by atoms with Gasteiger partial charge in [0.05, 0.1) is 10.7 Å². The number of hydrogen-bond donors (Lipinski definition) is 2. The summed E-state index contributed by atoms with van der Waals surface area (Å²) < 4.78 is 27.3. The van der Waals surface area contributed by atoms with Crippen LogP contribution < -0.4 is 10.6 Å². The van der Waals surface area contributed by atoms with Crippen molar-refractivity contribution in [3.8, 4) is 0 Å². The topological polar surface area (TPSA) is 71.1 Å². The Balaban J connectivity index is 1.80. The third-order valence-corrected chi connectivity index (χ3v) is 3.91. The molecule has 0 unspecified atom stereocenters. The van der Waals surface area contributed by atoms with Crippen molar-refractivity contribution in [3.05, 3.63) is 88.7 Å². The molecule has 2 aromatic carbocycles. The van der Waals surface area contributed by atoms with Gasteiger partial charge in [-0.25, -0.2) is 8.78 Å². The number of para-hydroxylation sites is 2. The Morgan fingerprint density at radius 2 is 1.59 bits per heavy atom. The highest BCUT2D eigenvalue weighted by molar-refractivity contribution is 6.33. The molecule has 2 amide bonds. The fourth-order valence-corrected chi connectivity index (χ4v) is 2.43. The Bertz CT molecular complexity index is 1010. The molecule has 5 nitrogen and oxygen atoms in total. The van der Waals surface area contributed by atoms with Crippen LogP contribution in [-0.2, 0) is 0 Å². The Morgan fingerprint density at radius 1 is 0.889 bits per heavy atom. The zero-order valence-electron chi connectivity index (χ0n) is 13.7. The first kappa shape index (κ1) is 18.5. The van der Waals surface area contributed by atoms with Crippen LogP contribution in [-0.4, -0.2) is 16.8 Å². The van der Waals surface area contributed by atoms with Crippen molar-refractivity contribution in [2.24, 2.45) is 0 Å². The van der Waals surface area contributed by atoms with Crippen LogP contribution in [0, 0.1) is 11.6 Å². The molecule has 0 aliphatic heterocycles. The Hall–Kier alpha value is -3.32. The molecule has 136 valence electrons. The molecule has 0 fully saturated rings. The summed E-state index contributed by atoms with van der Waals surface area (Å²) in [5, 5.41) is 5.08. The summed E-state index contributed by atoms with van der Waals surface area (Å²) in [6, 6.07) is 12.5. The second-order valence-electron chi connectivity index (χ2n) is 5.41. The predicted molar refractivity (Wildman–Crippen MR) is 98.0 cm³/mol. The van der Waals surface area contributed by atoms with Crippen LogP contribution >= 0.6 is 11.6 Å². The summed E-state index contributed by atoms with van der Waals surface area (Å²) in [5.74, 6) is -3.21. The van der Waals surface area contributed by atoms with Gasteiger partial charge in [0, 0.05) is 11.8 Å². The average Bonchev–Trinajstić information content (AvgIpc) is 2.66. The molecular weight excluding hydrogens is 376 g/mol. The monoisotopic (exact) mass is 387 g/mol. The number of anilines is 2. The Kier molecular flexibility index (Phi) is 5.42. The normalized spacial score (nSPS) is 10.3. The number of halogens is 3. The van der Waals surface area contributed by atoms with Crippen LogP contribution in [0.15, 0.2) is 60.8 Å². The molecule has 8 heteroatoms. The van der Waals surface area contributed by atoms with Gasteiger partial charge in [-0.3, -0.25) is 14.6 Å². The molecule has 0 bridgehead atoms.